The largest absolute Gasteiger partial charge is 0.326 e. The van der Waals surface area contributed by atoms with Crippen LogP contribution in [0.2, 0.25) is 0 Å². The van der Waals surface area contributed by atoms with Gasteiger partial charge < -0.3 is 16.0 Å². The summed E-state index contributed by atoms with van der Waals surface area (Å²) in [5.41, 5.74) is 2.07. The van der Waals surface area contributed by atoms with Gasteiger partial charge in [0.2, 0.25) is 17.7 Å². The molecule has 0 heterocycles. The van der Waals surface area contributed by atoms with Crippen molar-refractivity contribution in [3.63, 3.8) is 0 Å². The normalized spacial score (nSPS) is 12.9. The predicted octanol–water partition coefficient (Wildman–Crippen LogP) is 4.11. The summed E-state index contributed by atoms with van der Waals surface area (Å²) < 4.78 is 0.885. The molecule has 1 aliphatic rings. The first kappa shape index (κ1) is 20.4. The van der Waals surface area contributed by atoms with Crippen LogP contribution in [0.4, 0.5) is 17.1 Å². The van der Waals surface area contributed by atoms with Crippen LogP contribution in [0.1, 0.15) is 12.8 Å². The molecule has 0 aromatic heterocycles. The molecule has 2 aromatic rings. The van der Waals surface area contributed by atoms with E-state index in [1.165, 1.54) is 11.8 Å². The number of nitrogens with one attached hydrogen (secondary N) is 3. The van der Waals surface area contributed by atoms with E-state index in [-0.39, 0.29) is 35.1 Å². The van der Waals surface area contributed by atoms with Crippen molar-refractivity contribution in [2.45, 2.75) is 12.8 Å². The molecule has 8 heteroatoms. The highest BCUT2D eigenvalue weighted by molar-refractivity contribution is 9.10. The lowest BCUT2D eigenvalue weighted by atomic mass is 10.2. The number of carbonyl (C=O) groups excluding carboxylic acids is 3. The maximum absolute atomic E-state index is 12.0. The van der Waals surface area contributed by atoms with E-state index in [4.69, 9.17) is 0 Å². The Bertz CT molecular complexity index is 869. The number of thioether (sulfide) groups is 1. The van der Waals surface area contributed by atoms with E-state index in [1.54, 1.807) is 30.3 Å². The van der Waals surface area contributed by atoms with Crippen molar-refractivity contribution >= 4 is 62.5 Å². The number of carbonyl (C=O) groups is 3. The van der Waals surface area contributed by atoms with Gasteiger partial charge in [-0.15, -0.1) is 11.8 Å². The molecular formula is C20H20BrN3O3S. The molecule has 1 aliphatic carbocycles. The van der Waals surface area contributed by atoms with E-state index in [0.717, 1.165) is 17.3 Å². The van der Waals surface area contributed by atoms with E-state index < -0.39 is 0 Å². The molecule has 0 radical (unpaired) electrons. The second-order valence-corrected chi connectivity index (χ2v) is 8.34. The zero-order valence-corrected chi connectivity index (χ0v) is 17.4. The quantitative estimate of drug-likeness (QED) is 0.551. The molecule has 1 saturated carbocycles. The summed E-state index contributed by atoms with van der Waals surface area (Å²) in [7, 11) is 0. The average Bonchev–Trinajstić information content (AvgIpc) is 3.48. The summed E-state index contributed by atoms with van der Waals surface area (Å²) in [6.07, 6.45) is 1.91. The molecule has 1 fully saturated rings. The topological polar surface area (TPSA) is 87.3 Å². The molecule has 3 N–H and O–H groups in total. The Morgan fingerprint density at radius 3 is 2.00 bits per heavy atom. The molecule has 6 nitrogen and oxygen atoms in total. The summed E-state index contributed by atoms with van der Waals surface area (Å²) in [5, 5.41) is 8.41. The molecule has 0 saturated heterocycles. The van der Waals surface area contributed by atoms with Gasteiger partial charge in [0, 0.05) is 27.5 Å². The van der Waals surface area contributed by atoms with Gasteiger partial charge in [-0.1, -0.05) is 22.0 Å². The van der Waals surface area contributed by atoms with Crippen LogP contribution in [0.25, 0.3) is 0 Å². The summed E-state index contributed by atoms with van der Waals surface area (Å²) in [5.74, 6) is 0.214. The summed E-state index contributed by atoms with van der Waals surface area (Å²) >= 11 is 4.59. The number of rotatable bonds is 8. The number of anilines is 3. The number of amides is 3. The predicted molar refractivity (Wildman–Crippen MR) is 117 cm³/mol. The molecular weight excluding hydrogens is 442 g/mol. The lowest BCUT2D eigenvalue weighted by Gasteiger charge is -2.08. The number of hydrogen-bond donors (Lipinski definition) is 3. The number of hydrogen-bond acceptors (Lipinski definition) is 4. The maximum Gasteiger partial charge on any atom is 0.234 e. The van der Waals surface area contributed by atoms with Gasteiger partial charge in [-0.05, 0) is 55.3 Å². The zero-order chi connectivity index (χ0) is 19.9. The second-order valence-electron chi connectivity index (χ2n) is 6.44. The second kappa shape index (κ2) is 9.75. The Balaban J connectivity index is 1.36. The lowest BCUT2D eigenvalue weighted by Crippen LogP contribution is -2.18. The van der Waals surface area contributed by atoms with Crippen molar-refractivity contribution < 1.29 is 14.4 Å². The number of halogens is 1. The molecule has 0 aliphatic heterocycles. The van der Waals surface area contributed by atoms with Crippen LogP contribution < -0.4 is 16.0 Å². The van der Waals surface area contributed by atoms with Crippen molar-refractivity contribution in [2.75, 3.05) is 27.5 Å². The van der Waals surface area contributed by atoms with Crippen LogP contribution in [0.3, 0.4) is 0 Å². The van der Waals surface area contributed by atoms with Gasteiger partial charge in [-0.3, -0.25) is 14.4 Å². The first-order valence-corrected chi connectivity index (χ1v) is 10.8. The van der Waals surface area contributed by atoms with Crippen LogP contribution in [-0.4, -0.2) is 29.2 Å². The van der Waals surface area contributed by atoms with Gasteiger partial charge in [0.15, 0.2) is 0 Å². The van der Waals surface area contributed by atoms with Gasteiger partial charge in [0.05, 0.1) is 11.5 Å². The van der Waals surface area contributed by atoms with Gasteiger partial charge in [-0.25, -0.2) is 0 Å². The SMILES string of the molecule is O=C(CSCC(=O)Nc1cccc(Br)c1)Nc1ccc(NC(=O)C2CC2)cc1. The highest BCUT2D eigenvalue weighted by Gasteiger charge is 2.29. The molecule has 0 bridgehead atoms. The van der Waals surface area contributed by atoms with E-state index in [1.807, 2.05) is 18.2 Å². The molecule has 28 heavy (non-hydrogen) atoms. The fourth-order valence-corrected chi connectivity index (χ4v) is 3.44. The van der Waals surface area contributed by atoms with Crippen molar-refractivity contribution in [3.05, 3.63) is 53.0 Å². The van der Waals surface area contributed by atoms with E-state index in [2.05, 4.69) is 31.9 Å². The molecule has 0 unspecified atom stereocenters. The van der Waals surface area contributed by atoms with Gasteiger partial charge in [0.1, 0.15) is 0 Å². The molecule has 2 aromatic carbocycles. The standard InChI is InChI=1S/C20H20BrN3O3S/c21-14-2-1-3-17(10-14)23-19(26)12-28-11-18(25)22-15-6-8-16(9-7-15)24-20(27)13-4-5-13/h1-3,6-10,13H,4-5,11-12H2,(H,22,25)(H,23,26)(H,24,27). The van der Waals surface area contributed by atoms with Crippen LogP contribution in [0.5, 0.6) is 0 Å². The third-order valence-electron chi connectivity index (χ3n) is 3.96. The maximum atomic E-state index is 12.0. The highest BCUT2D eigenvalue weighted by Crippen LogP contribution is 2.30. The summed E-state index contributed by atoms with van der Waals surface area (Å²) in [6.45, 7) is 0. The molecule has 0 atom stereocenters. The molecule has 3 rings (SSSR count). The third kappa shape index (κ3) is 6.69. The molecule has 3 amide bonds. The van der Waals surface area contributed by atoms with Crippen molar-refractivity contribution in [3.8, 4) is 0 Å². The first-order valence-electron chi connectivity index (χ1n) is 8.83. The van der Waals surface area contributed by atoms with Gasteiger partial charge in [0.25, 0.3) is 0 Å². The van der Waals surface area contributed by atoms with Crippen LogP contribution >= 0.6 is 27.7 Å². The first-order chi connectivity index (χ1) is 13.5. The minimum atomic E-state index is -0.185. The van der Waals surface area contributed by atoms with E-state index >= 15 is 0 Å². The smallest absolute Gasteiger partial charge is 0.234 e. The number of benzene rings is 2. The minimum absolute atomic E-state index is 0.0503. The summed E-state index contributed by atoms with van der Waals surface area (Å²) in [4.78, 5) is 35.7. The Morgan fingerprint density at radius 2 is 1.43 bits per heavy atom. The van der Waals surface area contributed by atoms with Crippen LogP contribution in [-0.2, 0) is 14.4 Å². The van der Waals surface area contributed by atoms with Crippen molar-refractivity contribution in [1.82, 2.24) is 0 Å². The highest BCUT2D eigenvalue weighted by atomic mass is 79.9. The zero-order valence-electron chi connectivity index (χ0n) is 15.0. The fourth-order valence-electron chi connectivity index (χ4n) is 2.42. The van der Waals surface area contributed by atoms with E-state index in [9.17, 15) is 14.4 Å². The third-order valence-corrected chi connectivity index (χ3v) is 5.38. The molecule has 146 valence electrons. The monoisotopic (exact) mass is 461 g/mol. The average molecular weight is 462 g/mol. The molecule has 0 spiro atoms. The van der Waals surface area contributed by atoms with E-state index in [0.29, 0.717) is 17.1 Å². The Labute approximate surface area is 176 Å². The van der Waals surface area contributed by atoms with Gasteiger partial charge >= 0.3 is 0 Å². The lowest BCUT2D eigenvalue weighted by molar-refractivity contribution is -0.117. The van der Waals surface area contributed by atoms with Gasteiger partial charge in [-0.2, -0.15) is 0 Å². The summed E-state index contributed by atoms with van der Waals surface area (Å²) in [6, 6.07) is 14.3. The Morgan fingerprint density at radius 1 is 0.857 bits per heavy atom. The Kier molecular flexibility index (Phi) is 7.11. The van der Waals surface area contributed by atoms with Crippen LogP contribution in [0, 0.1) is 5.92 Å². The fraction of sp³-hybridized carbons (Fsp3) is 0.250. The van der Waals surface area contributed by atoms with Crippen molar-refractivity contribution in [1.29, 1.82) is 0 Å². The Hall–Kier alpha value is -2.32. The van der Waals surface area contributed by atoms with Crippen molar-refractivity contribution in [2.24, 2.45) is 5.92 Å². The van der Waals surface area contributed by atoms with Crippen LogP contribution in [0.15, 0.2) is 53.0 Å². The minimum Gasteiger partial charge on any atom is -0.326 e.